The van der Waals surface area contributed by atoms with Crippen molar-refractivity contribution in [2.75, 3.05) is 12.4 Å². The predicted octanol–water partition coefficient (Wildman–Crippen LogP) is 3.17. The van der Waals surface area contributed by atoms with Crippen LogP contribution in [0.4, 0.5) is 5.69 Å². The van der Waals surface area contributed by atoms with Crippen LogP contribution in [-0.2, 0) is 6.54 Å². The molecular formula is C15H15BrN2O2. The first kappa shape index (κ1) is 14.6. The molecule has 0 unspecified atom stereocenters. The highest BCUT2D eigenvalue weighted by Crippen LogP contribution is 2.27. The summed E-state index contributed by atoms with van der Waals surface area (Å²) in [4.78, 5) is 12.2. The number of nitrogens with one attached hydrogen (secondary N) is 1. The van der Waals surface area contributed by atoms with Crippen molar-refractivity contribution in [1.29, 1.82) is 0 Å². The Hall–Kier alpha value is -1.85. The van der Waals surface area contributed by atoms with E-state index in [0.717, 1.165) is 10.0 Å². The minimum Gasteiger partial charge on any atom is -0.497 e. The number of ether oxygens (including phenoxy) is 1. The van der Waals surface area contributed by atoms with Gasteiger partial charge in [0, 0.05) is 22.6 Å². The molecule has 0 fully saturated rings. The molecule has 1 amide bonds. The van der Waals surface area contributed by atoms with Gasteiger partial charge in [0.05, 0.1) is 12.8 Å². The Morgan fingerprint density at radius 3 is 2.55 bits per heavy atom. The van der Waals surface area contributed by atoms with Crippen LogP contribution in [-0.4, -0.2) is 13.0 Å². The summed E-state index contributed by atoms with van der Waals surface area (Å²) in [5.74, 6) is 0.504. The van der Waals surface area contributed by atoms with E-state index in [4.69, 9.17) is 10.5 Å². The van der Waals surface area contributed by atoms with Crippen molar-refractivity contribution in [3.8, 4) is 5.75 Å². The van der Waals surface area contributed by atoms with Crippen molar-refractivity contribution in [2.45, 2.75) is 6.54 Å². The zero-order valence-electron chi connectivity index (χ0n) is 11.0. The lowest BCUT2D eigenvalue weighted by Gasteiger charge is -2.09. The van der Waals surface area contributed by atoms with Gasteiger partial charge in [-0.1, -0.05) is 12.1 Å². The van der Waals surface area contributed by atoms with E-state index in [1.807, 2.05) is 24.3 Å². The van der Waals surface area contributed by atoms with Crippen LogP contribution in [0.25, 0.3) is 0 Å². The maximum Gasteiger partial charge on any atom is 0.255 e. The van der Waals surface area contributed by atoms with E-state index in [9.17, 15) is 4.79 Å². The number of halogens is 1. The quantitative estimate of drug-likeness (QED) is 0.902. The Morgan fingerprint density at radius 1 is 1.25 bits per heavy atom. The average Bonchev–Trinajstić information content (AvgIpc) is 2.49. The first-order valence-electron chi connectivity index (χ1n) is 6.08. The molecule has 104 valence electrons. The van der Waals surface area contributed by atoms with Crippen LogP contribution in [0.5, 0.6) is 5.75 Å². The molecule has 20 heavy (non-hydrogen) atoms. The van der Waals surface area contributed by atoms with Gasteiger partial charge in [-0.2, -0.15) is 0 Å². The van der Waals surface area contributed by atoms with Crippen LogP contribution < -0.4 is 15.8 Å². The van der Waals surface area contributed by atoms with Crippen LogP contribution in [0.2, 0.25) is 0 Å². The summed E-state index contributed by atoms with van der Waals surface area (Å²) in [6, 6.07) is 12.6. The van der Waals surface area contributed by atoms with E-state index in [-0.39, 0.29) is 5.91 Å². The fourth-order valence-corrected chi connectivity index (χ4v) is 2.06. The number of carbonyl (C=O) groups excluding carboxylic acids is 1. The zero-order chi connectivity index (χ0) is 14.5. The number of methoxy groups -OCH3 is 1. The number of benzene rings is 2. The maximum absolute atomic E-state index is 12.2. The summed E-state index contributed by atoms with van der Waals surface area (Å²) in [7, 11) is 1.58. The molecule has 0 aliphatic heterocycles. The topological polar surface area (TPSA) is 64.3 Å². The van der Waals surface area contributed by atoms with Gasteiger partial charge in [-0.25, -0.2) is 0 Å². The lowest BCUT2D eigenvalue weighted by Crippen LogP contribution is -2.12. The van der Waals surface area contributed by atoms with Gasteiger partial charge in [0.15, 0.2) is 0 Å². The van der Waals surface area contributed by atoms with Crippen molar-refractivity contribution < 1.29 is 9.53 Å². The normalized spacial score (nSPS) is 10.2. The molecule has 0 aromatic heterocycles. The van der Waals surface area contributed by atoms with Crippen molar-refractivity contribution >= 4 is 27.5 Å². The molecule has 0 saturated heterocycles. The third kappa shape index (κ3) is 3.37. The highest BCUT2D eigenvalue weighted by molar-refractivity contribution is 9.10. The number of amides is 1. The number of hydrogen-bond donors (Lipinski definition) is 2. The molecule has 2 rings (SSSR count). The van der Waals surface area contributed by atoms with Gasteiger partial charge in [-0.15, -0.1) is 0 Å². The molecule has 0 bridgehead atoms. The van der Waals surface area contributed by atoms with E-state index < -0.39 is 0 Å². The average molecular weight is 335 g/mol. The summed E-state index contributed by atoms with van der Waals surface area (Å²) in [6.07, 6.45) is 0. The van der Waals surface area contributed by atoms with E-state index in [1.165, 1.54) is 0 Å². The summed E-state index contributed by atoms with van der Waals surface area (Å²) in [5, 5.41) is 2.84. The number of rotatable bonds is 4. The largest absolute Gasteiger partial charge is 0.497 e. The Labute approximate surface area is 126 Å². The number of nitrogens with two attached hydrogens (primary N) is 1. The molecule has 2 aromatic carbocycles. The molecule has 0 heterocycles. The smallest absolute Gasteiger partial charge is 0.255 e. The van der Waals surface area contributed by atoms with Crippen LogP contribution in [0.1, 0.15) is 15.9 Å². The number of carbonyl (C=O) groups is 1. The molecule has 2 aromatic rings. The van der Waals surface area contributed by atoms with Gasteiger partial charge < -0.3 is 15.8 Å². The Morgan fingerprint density at radius 2 is 1.95 bits per heavy atom. The maximum atomic E-state index is 12.2. The first-order chi connectivity index (χ1) is 9.63. The minimum absolute atomic E-state index is 0.178. The molecule has 0 aliphatic rings. The fraction of sp³-hybridized carbons (Fsp3) is 0.133. The molecule has 3 N–H and O–H groups in total. The van der Waals surface area contributed by atoms with Crippen LogP contribution in [0, 0.1) is 0 Å². The van der Waals surface area contributed by atoms with Crippen molar-refractivity contribution in [3.63, 3.8) is 0 Å². The van der Waals surface area contributed by atoms with Crippen LogP contribution in [0.3, 0.4) is 0 Å². The lowest BCUT2D eigenvalue weighted by molar-refractivity contribution is 0.102. The third-order valence-electron chi connectivity index (χ3n) is 2.87. The van der Waals surface area contributed by atoms with Crippen molar-refractivity contribution in [2.24, 2.45) is 5.73 Å². The molecule has 0 spiro atoms. The van der Waals surface area contributed by atoms with E-state index >= 15 is 0 Å². The zero-order valence-corrected chi connectivity index (χ0v) is 12.6. The summed E-state index contributed by atoms with van der Waals surface area (Å²) in [5.41, 5.74) is 7.77. The van der Waals surface area contributed by atoms with Gasteiger partial charge in [-0.05, 0) is 45.8 Å². The van der Waals surface area contributed by atoms with Crippen LogP contribution in [0.15, 0.2) is 46.9 Å². The Bertz CT molecular complexity index is 612. The SMILES string of the molecule is COc1ccc(Br)c(NC(=O)c2ccc(CN)cc2)c1. The molecule has 0 radical (unpaired) electrons. The van der Waals surface area contributed by atoms with Crippen molar-refractivity contribution in [3.05, 3.63) is 58.1 Å². The predicted molar refractivity (Wildman–Crippen MR) is 83.0 cm³/mol. The monoisotopic (exact) mass is 334 g/mol. The standard InChI is InChI=1S/C15H15BrN2O2/c1-20-12-6-7-13(16)14(8-12)18-15(19)11-4-2-10(9-17)3-5-11/h2-8H,9,17H2,1H3,(H,18,19). The van der Waals surface area contributed by atoms with Gasteiger partial charge >= 0.3 is 0 Å². The summed E-state index contributed by atoms with van der Waals surface area (Å²) in [6.45, 7) is 0.462. The fourth-order valence-electron chi connectivity index (χ4n) is 1.71. The van der Waals surface area contributed by atoms with Gasteiger partial charge in [0.1, 0.15) is 5.75 Å². The van der Waals surface area contributed by atoms with Gasteiger partial charge in [0.2, 0.25) is 0 Å². The van der Waals surface area contributed by atoms with E-state index in [2.05, 4.69) is 21.2 Å². The van der Waals surface area contributed by atoms with Crippen molar-refractivity contribution in [1.82, 2.24) is 0 Å². The molecule has 0 atom stereocenters. The molecule has 4 nitrogen and oxygen atoms in total. The molecule has 0 aliphatic carbocycles. The van der Waals surface area contributed by atoms with Gasteiger partial charge in [0.25, 0.3) is 5.91 Å². The molecular weight excluding hydrogens is 320 g/mol. The highest BCUT2D eigenvalue weighted by Gasteiger charge is 2.09. The van der Waals surface area contributed by atoms with E-state index in [1.54, 1.807) is 25.3 Å². The Kier molecular flexibility index (Phi) is 4.76. The Balaban J connectivity index is 2.18. The second-order valence-corrected chi connectivity index (χ2v) is 5.06. The third-order valence-corrected chi connectivity index (χ3v) is 3.57. The summed E-state index contributed by atoms with van der Waals surface area (Å²) < 4.78 is 5.94. The highest BCUT2D eigenvalue weighted by atomic mass is 79.9. The summed E-state index contributed by atoms with van der Waals surface area (Å²) >= 11 is 3.40. The van der Waals surface area contributed by atoms with E-state index in [0.29, 0.717) is 23.5 Å². The lowest BCUT2D eigenvalue weighted by atomic mass is 10.1. The number of anilines is 1. The molecule has 5 heteroatoms. The first-order valence-corrected chi connectivity index (χ1v) is 6.87. The second-order valence-electron chi connectivity index (χ2n) is 4.20. The second kappa shape index (κ2) is 6.54. The van der Waals surface area contributed by atoms with Gasteiger partial charge in [-0.3, -0.25) is 4.79 Å². The number of hydrogen-bond acceptors (Lipinski definition) is 3. The minimum atomic E-state index is -0.178. The molecule has 0 saturated carbocycles. The van der Waals surface area contributed by atoms with Crippen LogP contribution >= 0.6 is 15.9 Å².